The van der Waals surface area contributed by atoms with Crippen LogP contribution in [0, 0.1) is 20.8 Å². The molecule has 32 heavy (non-hydrogen) atoms. The highest BCUT2D eigenvalue weighted by Crippen LogP contribution is 2.35. The van der Waals surface area contributed by atoms with E-state index in [2.05, 4.69) is 28.9 Å². The molecule has 2 aromatic carbocycles. The fourth-order valence-corrected chi connectivity index (χ4v) is 4.50. The van der Waals surface area contributed by atoms with Gasteiger partial charge in [-0.3, -0.25) is 4.79 Å². The number of nitrogens with zero attached hydrogens (tertiary/aromatic N) is 4. The number of carbonyl (C=O) groups is 1. The van der Waals surface area contributed by atoms with Crippen molar-refractivity contribution in [2.45, 2.75) is 20.8 Å². The Hall–Kier alpha value is -3.61. The molecule has 2 aliphatic rings. The molecule has 0 radical (unpaired) electrons. The summed E-state index contributed by atoms with van der Waals surface area (Å²) >= 11 is 0. The molecule has 0 N–H and O–H groups in total. The first-order valence-corrected chi connectivity index (χ1v) is 10.8. The van der Waals surface area contributed by atoms with Gasteiger partial charge in [-0.15, -0.1) is 0 Å². The number of aryl methyl sites for hydroxylation is 3. The summed E-state index contributed by atoms with van der Waals surface area (Å²) in [6.07, 6.45) is 1.78. The molecule has 2 aliphatic heterocycles. The fraction of sp³-hybridized carbons (Fsp3) is 0.320. The lowest BCUT2D eigenvalue weighted by atomic mass is 9.98. The van der Waals surface area contributed by atoms with E-state index in [0.717, 1.165) is 39.4 Å². The molecular formula is C25H26N4O3. The topological polar surface area (TPSA) is 67.8 Å². The number of ether oxygens (including phenoxy) is 2. The first-order chi connectivity index (χ1) is 15.5. The maximum absolute atomic E-state index is 13.2. The van der Waals surface area contributed by atoms with Crippen molar-refractivity contribution in [2.75, 3.05) is 37.9 Å². The van der Waals surface area contributed by atoms with Crippen LogP contribution in [-0.2, 0) is 0 Å². The Morgan fingerprint density at radius 2 is 1.62 bits per heavy atom. The number of hydrogen-bond acceptors (Lipinski definition) is 6. The van der Waals surface area contributed by atoms with Gasteiger partial charge >= 0.3 is 0 Å². The summed E-state index contributed by atoms with van der Waals surface area (Å²) < 4.78 is 10.9. The second-order valence-electron chi connectivity index (χ2n) is 8.36. The Morgan fingerprint density at radius 1 is 0.906 bits per heavy atom. The third-order valence-electron chi connectivity index (χ3n) is 6.05. The number of piperazine rings is 1. The Morgan fingerprint density at radius 3 is 2.38 bits per heavy atom. The Balaban J connectivity index is 1.30. The number of benzene rings is 2. The molecule has 1 aromatic heterocycles. The normalized spacial score (nSPS) is 15.2. The van der Waals surface area contributed by atoms with E-state index >= 15 is 0 Å². The van der Waals surface area contributed by atoms with Gasteiger partial charge in [0.1, 0.15) is 0 Å². The van der Waals surface area contributed by atoms with Gasteiger partial charge in [-0.05, 0) is 56.2 Å². The van der Waals surface area contributed by atoms with Crippen LogP contribution in [0.1, 0.15) is 27.0 Å². The smallest absolute Gasteiger partial charge is 0.254 e. The van der Waals surface area contributed by atoms with Gasteiger partial charge in [-0.25, -0.2) is 9.97 Å². The third kappa shape index (κ3) is 3.75. The van der Waals surface area contributed by atoms with Gasteiger partial charge in [0.05, 0.1) is 5.69 Å². The number of fused-ring (bicyclic) bond motifs is 1. The lowest BCUT2D eigenvalue weighted by Crippen LogP contribution is -2.49. The van der Waals surface area contributed by atoms with E-state index in [1.54, 1.807) is 6.20 Å². The molecule has 1 fully saturated rings. The molecule has 0 spiro atoms. The fourth-order valence-electron chi connectivity index (χ4n) is 4.50. The van der Waals surface area contributed by atoms with Crippen molar-refractivity contribution in [2.24, 2.45) is 0 Å². The number of carbonyl (C=O) groups excluding carboxylic acids is 1. The summed E-state index contributed by atoms with van der Waals surface area (Å²) in [5.41, 5.74) is 5.87. The second kappa shape index (κ2) is 8.15. The summed E-state index contributed by atoms with van der Waals surface area (Å²) in [4.78, 5) is 26.5. The van der Waals surface area contributed by atoms with E-state index in [1.165, 1.54) is 5.56 Å². The highest BCUT2D eigenvalue weighted by atomic mass is 16.7. The molecular weight excluding hydrogens is 404 g/mol. The van der Waals surface area contributed by atoms with Crippen molar-refractivity contribution in [1.29, 1.82) is 0 Å². The van der Waals surface area contributed by atoms with Crippen LogP contribution in [-0.4, -0.2) is 53.7 Å². The molecule has 5 rings (SSSR count). The average Bonchev–Trinajstić information content (AvgIpc) is 3.26. The first-order valence-electron chi connectivity index (χ1n) is 10.8. The maximum atomic E-state index is 13.2. The van der Waals surface area contributed by atoms with Crippen LogP contribution in [0.3, 0.4) is 0 Å². The van der Waals surface area contributed by atoms with Crippen molar-refractivity contribution in [3.63, 3.8) is 0 Å². The SMILES string of the molecule is Cc1cc(C)c(C(=O)N2CCN(c3nccc(-c4ccc5c(c4)OCO5)n3)CC2)c(C)c1. The van der Waals surface area contributed by atoms with Gasteiger partial charge in [0.2, 0.25) is 12.7 Å². The highest BCUT2D eigenvalue weighted by molar-refractivity contribution is 5.97. The van der Waals surface area contributed by atoms with Crippen LogP contribution in [0.25, 0.3) is 11.3 Å². The number of aromatic nitrogens is 2. The van der Waals surface area contributed by atoms with Crippen molar-refractivity contribution in [1.82, 2.24) is 14.9 Å². The predicted octanol–water partition coefficient (Wildman–Crippen LogP) is 3.76. The van der Waals surface area contributed by atoms with Gasteiger partial charge in [-0.1, -0.05) is 17.7 Å². The van der Waals surface area contributed by atoms with E-state index < -0.39 is 0 Å². The van der Waals surface area contributed by atoms with Gasteiger partial charge in [-0.2, -0.15) is 0 Å². The van der Waals surface area contributed by atoms with E-state index in [0.29, 0.717) is 32.1 Å². The summed E-state index contributed by atoms with van der Waals surface area (Å²) in [5.74, 6) is 2.27. The molecule has 0 saturated carbocycles. The van der Waals surface area contributed by atoms with Crippen LogP contribution in [0.15, 0.2) is 42.6 Å². The molecule has 3 aromatic rings. The quantitative estimate of drug-likeness (QED) is 0.630. The highest BCUT2D eigenvalue weighted by Gasteiger charge is 2.26. The molecule has 1 saturated heterocycles. The predicted molar refractivity (Wildman–Crippen MR) is 122 cm³/mol. The van der Waals surface area contributed by atoms with Crippen LogP contribution >= 0.6 is 0 Å². The molecule has 0 atom stereocenters. The Kier molecular flexibility index (Phi) is 5.17. The van der Waals surface area contributed by atoms with Gasteiger partial charge < -0.3 is 19.3 Å². The summed E-state index contributed by atoms with van der Waals surface area (Å²) in [7, 11) is 0. The molecule has 3 heterocycles. The first kappa shape index (κ1) is 20.3. The third-order valence-corrected chi connectivity index (χ3v) is 6.05. The standard InChI is InChI=1S/C25H26N4O3/c1-16-12-17(2)23(18(3)13-16)24(30)28-8-10-29(11-9-28)25-26-7-6-20(27-25)19-4-5-21-22(14-19)32-15-31-21/h4-7,12-14H,8-11,15H2,1-3H3. The van der Waals surface area contributed by atoms with Crippen LogP contribution in [0.5, 0.6) is 11.5 Å². The van der Waals surface area contributed by atoms with E-state index in [9.17, 15) is 4.79 Å². The zero-order chi connectivity index (χ0) is 22.2. The monoisotopic (exact) mass is 430 g/mol. The van der Waals surface area contributed by atoms with Crippen molar-refractivity contribution >= 4 is 11.9 Å². The van der Waals surface area contributed by atoms with Gasteiger partial charge in [0.15, 0.2) is 11.5 Å². The average molecular weight is 431 g/mol. The molecule has 7 heteroatoms. The lowest BCUT2D eigenvalue weighted by molar-refractivity contribution is 0.0744. The minimum Gasteiger partial charge on any atom is -0.454 e. The summed E-state index contributed by atoms with van der Waals surface area (Å²) in [6.45, 7) is 9.01. The number of amides is 1. The zero-order valence-electron chi connectivity index (χ0n) is 18.6. The maximum Gasteiger partial charge on any atom is 0.254 e. The second-order valence-corrected chi connectivity index (χ2v) is 8.36. The van der Waals surface area contributed by atoms with Crippen molar-refractivity contribution < 1.29 is 14.3 Å². The molecule has 164 valence electrons. The van der Waals surface area contributed by atoms with Crippen LogP contribution in [0.2, 0.25) is 0 Å². The van der Waals surface area contributed by atoms with E-state index in [4.69, 9.17) is 14.5 Å². The van der Waals surface area contributed by atoms with E-state index in [1.807, 2.05) is 43.0 Å². The Labute approximate surface area is 187 Å². The largest absolute Gasteiger partial charge is 0.454 e. The number of rotatable bonds is 3. The minimum atomic E-state index is 0.106. The van der Waals surface area contributed by atoms with Crippen LogP contribution in [0.4, 0.5) is 5.95 Å². The molecule has 0 unspecified atom stereocenters. The number of hydrogen-bond donors (Lipinski definition) is 0. The van der Waals surface area contributed by atoms with Crippen molar-refractivity contribution in [3.05, 3.63) is 64.8 Å². The Bertz CT molecular complexity index is 1160. The van der Waals surface area contributed by atoms with Crippen molar-refractivity contribution in [3.8, 4) is 22.8 Å². The summed E-state index contributed by atoms with van der Waals surface area (Å²) in [5, 5.41) is 0. The van der Waals surface area contributed by atoms with Crippen LogP contribution < -0.4 is 14.4 Å². The van der Waals surface area contributed by atoms with Gasteiger partial charge in [0.25, 0.3) is 5.91 Å². The molecule has 0 bridgehead atoms. The molecule has 0 aliphatic carbocycles. The molecule has 7 nitrogen and oxygen atoms in total. The zero-order valence-corrected chi connectivity index (χ0v) is 18.6. The minimum absolute atomic E-state index is 0.106. The lowest BCUT2D eigenvalue weighted by Gasteiger charge is -2.35. The van der Waals surface area contributed by atoms with E-state index in [-0.39, 0.29) is 12.7 Å². The number of anilines is 1. The summed E-state index contributed by atoms with van der Waals surface area (Å²) in [6, 6.07) is 11.9. The van der Waals surface area contributed by atoms with Gasteiger partial charge in [0, 0.05) is 43.5 Å². The molecule has 1 amide bonds.